The smallest absolute Gasteiger partial charge is 0.282 e. The highest BCUT2D eigenvalue weighted by molar-refractivity contribution is 7.15. The normalized spacial score (nSPS) is 11.0. The zero-order valence-electron chi connectivity index (χ0n) is 13.0. The summed E-state index contributed by atoms with van der Waals surface area (Å²) in [4.78, 5) is 24.9. The van der Waals surface area contributed by atoms with Crippen molar-refractivity contribution in [2.45, 2.75) is 19.8 Å². The van der Waals surface area contributed by atoms with E-state index in [0.29, 0.717) is 21.1 Å². The van der Waals surface area contributed by atoms with Gasteiger partial charge >= 0.3 is 0 Å². The maximum atomic E-state index is 12.5. The van der Waals surface area contributed by atoms with Gasteiger partial charge in [0.05, 0.1) is 10.9 Å². The third kappa shape index (κ3) is 3.15. The standard InChI is InChI=1S/C15H14ClN5O2S/c1-3-4-11-18-19-15(24-11)17-14(23)12-13(22)9-7-8(16)5-6-10(9)21(2)20-12/h5-7H,3-4H2,1-2H3,(H,17,19,23). The van der Waals surface area contributed by atoms with E-state index < -0.39 is 11.3 Å². The second-order valence-electron chi connectivity index (χ2n) is 5.17. The van der Waals surface area contributed by atoms with Crippen molar-refractivity contribution in [3.8, 4) is 0 Å². The van der Waals surface area contributed by atoms with Crippen LogP contribution in [0, 0.1) is 0 Å². The van der Waals surface area contributed by atoms with Crippen LogP contribution >= 0.6 is 22.9 Å². The predicted octanol–water partition coefficient (Wildman–Crippen LogP) is 2.64. The molecular weight excluding hydrogens is 350 g/mol. The summed E-state index contributed by atoms with van der Waals surface area (Å²) >= 11 is 7.24. The SMILES string of the molecule is CCCc1nnc(NC(=O)c2nn(C)c3ccc(Cl)cc3c2=O)s1. The Bertz CT molecular complexity index is 982. The molecule has 0 aliphatic rings. The molecule has 0 radical (unpaired) electrons. The van der Waals surface area contributed by atoms with Crippen molar-refractivity contribution in [1.82, 2.24) is 20.0 Å². The van der Waals surface area contributed by atoms with E-state index in [1.165, 1.54) is 22.1 Å². The molecule has 0 saturated carbocycles. The first-order valence-corrected chi connectivity index (χ1v) is 8.49. The zero-order chi connectivity index (χ0) is 17.3. The van der Waals surface area contributed by atoms with Gasteiger partial charge in [-0.2, -0.15) is 5.10 Å². The van der Waals surface area contributed by atoms with Crippen LogP contribution in [-0.4, -0.2) is 25.9 Å². The molecule has 9 heteroatoms. The molecule has 0 bridgehead atoms. The van der Waals surface area contributed by atoms with E-state index in [1.807, 2.05) is 6.92 Å². The average molecular weight is 364 g/mol. The van der Waals surface area contributed by atoms with Crippen LogP contribution in [0.4, 0.5) is 5.13 Å². The van der Waals surface area contributed by atoms with Crippen LogP contribution in [0.15, 0.2) is 23.0 Å². The summed E-state index contributed by atoms with van der Waals surface area (Å²) in [7, 11) is 1.66. The monoisotopic (exact) mass is 363 g/mol. The number of benzene rings is 1. The lowest BCUT2D eigenvalue weighted by Crippen LogP contribution is -2.26. The van der Waals surface area contributed by atoms with Crippen LogP contribution in [0.2, 0.25) is 5.02 Å². The molecular formula is C15H14ClN5O2S. The highest BCUT2D eigenvalue weighted by Crippen LogP contribution is 2.18. The Labute approximate surface area is 146 Å². The molecule has 24 heavy (non-hydrogen) atoms. The second kappa shape index (κ2) is 6.66. The number of rotatable bonds is 4. The Kier molecular flexibility index (Phi) is 4.59. The Morgan fingerprint density at radius 1 is 1.38 bits per heavy atom. The molecule has 0 aliphatic heterocycles. The Morgan fingerprint density at radius 3 is 2.92 bits per heavy atom. The first-order chi connectivity index (χ1) is 11.5. The summed E-state index contributed by atoms with van der Waals surface area (Å²) in [5.41, 5.74) is -0.0806. The van der Waals surface area contributed by atoms with Crippen LogP contribution in [-0.2, 0) is 13.5 Å². The number of anilines is 1. The minimum Gasteiger partial charge on any atom is -0.295 e. The molecule has 0 saturated heterocycles. The van der Waals surface area contributed by atoms with Crippen molar-refractivity contribution in [3.05, 3.63) is 44.1 Å². The van der Waals surface area contributed by atoms with Gasteiger partial charge in [0.15, 0.2) is 5.69 Å². The fourth-order valence-corrected chi connectivity index (χ4v) is 3.28. The second-order valence-corrected chi connectivity index (χ2v) is 6.67. The quantitative estimate of drug-likeness (QED) is 0.769. The lowest BCUT2D eigenvalue weighted by molar-refractivity contribution is 0.101. The highest BCUT2D eigenvalue weighted by Gasteiger charge is 2.18. The van der Waals surface area contributed by atoms with Crippen molar-refractivity contribution >= 4 is 44.9 Å². The van der Waals surface area contributed by atoms with E-state index in [4.69, 9.17) is 11.6 Å². The lowest BCUT2D eigenvalue weighted by Gasteiger charge is -2.07. The number of aryl methyl sites for hydroxylation is 2. The predicted molar refractivity (Wildman–Crippen MR) is 93.9 cm³/mol. The van der Waals surface area contributed by atoms with Crippen LogP contribution in [0.1, 0.15) is 28.8 Å². The summed E-state index contributed by atoms with van der Waals surface area (Å²) in [6, 6.07) is 4.89. The molecule has 2 heterocycles. The fraction of sp³-hybridized carbons (Fsp3) is 0.267. The minimum absolute atomic E-state index is 0.209. The largest absolute Gasteiger partial charge is 0.295 e. The Hall–Kier alpha value is -2.32. The highest BCUT2D eigenvalue weighted by atomic mass is 35.5. The fourth-order valence-electron chi connectivity index (χ4n) is 2.27. The molecule has 2 aromatic heterocycles. The summed E-state index contributed by atoms with van der Waals surface area (Å²) in [5, 5.41) is 16.5. The van der Waals surface area contributed by atoms with Crippen molar-refractivity contribution < 1.29 is 4.79 Å². The van der Waals surface area contributed by atoms with Crippen molar-refractivity contribution in [2.75, 3.05) is 5.32 Å². The molecule has 3 aromatic rings. The summed E-state index contributed by atoms with van der Waals surface area (Å²) in [5.74, 6) is -0.614. The molecule has 124 valence electrons. The molecule has 7 nitrogen and oxygen atoms in total. The van der Waals surface area contributed by atoms with E-state index in [9.17, 15) is 9.59 Å². The minimum atomic E-state index is -0.614. The topological polar surface area (TPSA) is 89.8 Å². The first kappa shape index (κ1) is 16.5. The number of halogens is 1. The summed E-state index contributed by atoms with van der Waals surface area (Å²) < 4.78 is 1.48. The maximum absolute atomic E-state index is 12.5. The average Bonchev–Trinajstić information content (AvgIpc) is 2.98. The summed E-state index contributed by atoms with van der Waals surface area (Å²) in [6.45, 7) is 2.04. The van der Waals surface area contributed by atoms with Crippen molar-refractivity contribution in [1.29, 1.82) is 0 Å². The number of nitrogens with zero attached hydrogens (tertiary/aromatic N) is 4. The van der Waals surface area contributed by atoms with Gasteiger partial charge in [-0.3, -0.25) is 19.6 Å². The van der Waals surface area contributed by atoms with Gasteiger partial charge in [-0.05, 0) is 24.6 Å². The molecule has 0 spiro atoms. The first-order valence-electron chi connectivity index (χ1n) is 7.30. The van der Waals surface area contributed by atoms with Crippen LogP contribution < -0.4 is 10.7 Å². The van der Waals surface area contributed by atoms with Crippen LogP contribution in [0.25, 0.3) is 10.9 Å². The molecule has 0 fully saturated rings. The number of fused-ring (bicyclic) bond motifs is 1. The van der Waals surface area contributed by atoms with Gasteiger partial charge in [0.25, 0.3) is 5.91 Å². The molecule has 3 rings (SSSR count). The lowest BCUT2D eigenvalue weighted by atomic mass is 10.2. The third-order valence-corrected chi connectivity index (χ3v) is 4.52. The van der Waals surface area contributed by atoms with Gasteiger partial charge in [-0.15, -0.1) is 10.2 Å². The maximum Gasteiger partial charge on any atom is 0.282 e. The van der Waals surface area contributed by atoms with Gasteiger partial charge in [-0.1, -0.05) is 29.9 Å². The Balaban J connectivity index is 1.97. The number of carbonyl (C=O) groups is 1. The summed E-state index contributed by atoms with van der Waals surface area (Å²) in [6.07, 6.45) is 1.73. The zero-order valence-corrected chi connectivity index (χ0v) is 14.6. The number of hydrogen-bond donors (Lipinski definition) is 1. The molecule has 0 unspecified atom stereocenters. The van der Waals surface area contributed by atoms with Crippen molar-refractivity contribution in [2.24, 2.45) is 7.05 Å². The number of hydrogen-bond acceptors (Lipinski definition) is 6. The van der Waals surface area contributed by atoms with Crippen LogP contribution in [0.5, 0.6) is 0 Å². The van der Waals surface area contributed by atoms with Crippen LogP contribution in [0.3, 0.4) is 0 Å². The number of amides is 1. The Morgan fingerprint density at radius 2 is 2.17 bits per heavy atom. The van der Waals surface area contributed by atoms with Crippen molar-refractivity contribution in [3.63, 3.8) is 0 Å². The molecule has 1 N–H and O–H groups in total. The van der Waals surface area contributed by atoms with Gasteiger partial charge in [-0.25, -0.2) is 0 Å². The number of carbonyl (C=O) groups excluding carboxylic acids is 1. The number of nitrogens with one attached hydrogen (secondary N) is 1. The van der Waals surface area contributed by atoms with Gasteiger partial charge < -0.3 is 0 Å². The van der Waals surface area contributed by atoms with Gasteiger partial charge in [0.2, 0.25) is 10.6 Å². The van der Waals surface area contributed by atoms with E-state index in [0.717, 1.165) is 17.8 Å². The third-order valence-electron chi connectivity index (χ3n) is 3.38. The molecule has 0 atom stereocenters. The van der Waals surface area contributed by atoms with E-state index >= 15 is 0 Å². The van der Waals surface area contributed by atoms with E-state index in [2.05, 4.69) is 20.6 Å². The van der Waals surface area contributed by atoms with Gasteiger partial charge in [0.1, 0.15) is 5.01 Å². The number of aromatic nitrogens is 4. The van der Waals surface area contributed by atoms with E-state index in [-0.39, 0.29) is 5.69 Å². The molecule has 0 aliphatic carbocycles. The van der Waals surface area contributed by atoms with E-state index in [1.54, 1.807) is 19.2 Å². The molecule has 1 aromatic carbocycles. The molecule has 1 amide bonds. The van der Waals surface area contributed by atoms with Gasteiger partial charge in [0, 0.05) is 18.5 Å².